The zero-order valence-corrected chi connectivity index (χ0v) is 14.6. The van der Waals surface area contributed by atoms with E-state index in [-0.39, 0.29) is 31.4 Å². The highest BCUT2D eigenvalue weighted by Gasteiger charge is 2.48. The van der Waals surface area contributed by atoms with Crippen LogP contribution in [0.5, 0.6) is 0 Å². The number of piperidine rings is 1. The molecule has 1 aliphatic rings. The number of rotatable bonds is 5. The molecule has 5 nitrogen and oxygen atoms in total. The van der Waals surface area contributed by atoms with Gasteiger partial charge in [0.1, 0.15) is 0 Å². The van der Waals surface area contributed by atoms with Crippen LogP contribution in [-0.2, 0) is 27.2 Å². The van der Waals surface area contributed by atoms with E-state index in [1.807, 2.05) is 0 Å². The maximum absolute atomic E-state index is 13.0. The van der Waals surface area contributed by atoms with Crippen molar-refractivity contribution in [2.45, 2.75) is 30.2 Å². The fourth-order valence-corrected chi connectivity index (χ4v) is 4.44. The predicted molar refractivity (Wildman–Crippen MR) is 87.8 cm³/mol. The van der Waals surface area contributed by atoms with E-state index in [1.54, 1.807) is 0 Å². The maximum atomic E-state index is 13.0. The third-order valence-corrected chi connectivity index (χ3v) is 6.55. The number of halogens is 3. The van der Waals surface area contributed by atoms with Gasteiger partial charge in [-0.05, 0) is 44.0 Å². The SMILES string of the molecule is CS(=O)(=O)C1(C(=O)NCCc2ccccc2C(F)(F)F)CCNCC1. The number of hydrogen-bond donors (Lipinski definition) is 2. The van der Waals surface area contributed by atoms with Gasteiger partial charge in [0.05, 0.1) is 5.56 Å². The summed E-state index contributed by atoms with van der Waals surface area (Å²) in [6, 6.07) is 5.14. The second kappa shape index (κ2) is 7.33. The van der Waals surface area contributed by atoms with Gasteiger partial charge in [0.15, 0.2) is 14.6 Å². The Morgan fingerprint density at radius 2 is 1.84 bits per heavy atom. The third kappa shape index (κ3) is 4.33. The summed E-state index contributed by atoms with van der Waals surface area (Å²) in [7, 11) is -3.65. The Labute approximate surface area is 144 Å². The molecule has 2 N–H and O–H groups in total. The van der Waals surface area contributed by atoms with Crippen molar-refractivity contribution in [2.24, 2.45) is 0 Å². The summed E-state index contributed by atoms with van der Waals surface area (Å²) in [5, 5.41) is 5.52. The van der Waals surface area contributed by atoms with Gasteiger partial charge >= 0.3 is 6.18 Å². The molecule has 0 saturated carbocycles. The minimum atomic E-state index is -4.47. The van der Waals surface area contributed by atoms with Gasteiger partial charge < -0.3 is 10.6 Å². The second-order valence-corrected chi connectivity index (χ2v) is 8.50. The van der Waals surface area contributed by atoms with Crippen LogP contribution < -0.4 is 10.6 Å². The van der Waals surface area contributed by atoms with E-state index < -0.39 is 32.2 Å². The molecular formula is C16H21F3N2O3S. The predicted octanol–water partition coefficient (Wildman–Crippen LogP) is 1.53. The van der Waals surface area contributed by atoms with Crippen molar-refractivity contribution in [1.29, 1.82) is 0 Å². The van der Waals surface area contributed by atoms with Crippen LogP contribution in [0.1, 0.15) is 24.0 Å². The van der Waals surface area contributed by atoms with E-state index in [9.17, 15) is 26.4 Å². The first kappa shape index (κ1) is 19.7. The highest BCUT2D eigenvalue weighted by Crippen LogP contribution is 2.32. The van der Waals surface area contributed by atoms with Crippen LogP contribution in [0, 0.1) is 0 Å². The first-order chi connectivity index (χ1) is 11.6. The van der Waals surface area contributed by atoms with Gasteiger partial charge in [-0.3, -0.25) is 4.79 Å². The number of amides is 1. The summed E-state index contributed by atoms with van der Waals surface area (Å²) in [6.07, 6.45) is -3.17. The molecule has 1 aromatic rings. The third-order valence-electron chi connectivity index (χ3n) is 4.54. The molecule has 1 amide bonds. The summed E-state index contributed by atoms with van der Waals surface area (Å²) in [5.41, 5.74) is -0.682. The number of carbonyl (C=O) groups excluding carboxylic acids is 1. The number of alkyl halides is 3. The summed E-state index contributed by atoms with van der Waals surface area (Å²) in [6.45, 7) is 0.741. The fourth-order valence-electron chi connectivity index (χ4n) is 3.08. The molecule has 0 atom stereocenters. The van der Waals surface area contributed by atoms with Gasteiger partial charge in [-0.2, -0.15) is 13.2 Å². The van der Waals surface area contributed by atoms with Gasteiger partial charge in [-0.25, -0.2) is 8.42 Å². The molecule has 0 radical (unpaired) electrons. The molecule has 1 aliphatic heterocycles. The number of hydrogen-bond acceptors (Lipinski definition) is 4. The Bertz CT molecular complexity index is 726. The Morgan fingerprint density at radius 3 is 2.40 bits per heavy atom. The molecule has 1 fully saturated rings. The molecule has 0 bridgehead atoms. The zero-order valence-electron chi connectivity index (χ0n) is 13.8. The van der Waals surface area contributed by atoms with E-state index in [2.05, 4.69) is 10.6 Å². The molecule has 0 aliphatic carbocycles. The quantitative estimate of drug-likeness (QED) is 0.815. The molecule has 2 rings (SSSR count). The van der Waals surface area contributed by atoms with Crippen molar-refractivity contribution >= 4 is 15.7 Å². The van der Waals surface area contributed by atoms with Gasteiger partial charge in [0.25, 0.3) is 0 Å². The van der Waals surface area contributed by atoms with Crippen LogP contribution in [-0.4, -0.2) is 45.0 Å². The normalized spacial score (nSPS) is 17.9. The average Bonchev–Trinajstić information content (AvgIpc) is 2.54. The first-order valence-corrected chi connectivity index (χ1v) is 9.81. The van der Waals surface area contributed by atoms with Crippen molar-refractivity contribution in [3.05, 3.63) is 35.4 Å². The van der Waals surface area contributed by atoms with Crippen LogP contribution in [0.25, 0.3) is 0 Å². The van der Waals surface area contributed by atoms with Crippen LogP contribution in [0.2, 0.25) is 0 Å². The van der Waals surface area contributed by atoms with E-state index in [0.29, 0.717) is 13.1 Å². The van der Waals surface area contributed by atoms with Gasteiger partial charge in [0.2, 0.25) is 5.91 Å². The Hall–Kier alpha value is -1.61. The van der Waals surface area contributed by atoms with E-state index in [1.165, 1.54) is 18.2 Å². The minimum absolute atomic E-state index is 0.0283. The first-order valence-electron chi connectivity index (χ1n) is 7.92. The molecule has 0 spiro atoms. The van der Waals surface area contributed by atoms with Gasteiger partial charge in [-0.1, -0.05) is 18.2 Å². The molecule has 25 heavy (non-hydrogen) atoms. The number of nitrogens with one attached hydrogen (secondary N) is 2. The fraction of sp³-hybridized carbons (Fsp3) is 0.562. The van der Waals surface area contributed by atoms with Crippen LogP contribution in [0.3, 0.4) is 0 Å². The topological polar surface area (TPSA) is 75.3 Å². The van der Waals surface area contributed by atoms with Crippen LogP contribution in [0.15, 0.2) is 24.3 Å². The second-order valence-electron chi connectivity index (χ2n) is 6.18. The maximum Gasteiger partial charge on any atom is 0.416 e. The minimum Gasteiger partial charge on any atom is -0.354 e. The molecule has 140 valence electrons. The number of sulfone groups is 1. The Morgan fingerprint density at radius 1 is 1.24 bits per heavy atom. The lowest BCUT2D eigenvalue weighted by Crippen LogP contribution is -2.57. The zero-order chi connectivity index (χ0) is 18.7. The van der Waals surface area contributed by atoms with E-state index >= 15 is 0 Å². The van der Waals surface area contributed by atoms with Crippen LogP contribution in [0.4, 0.5) is 13.2 Å². The summed E-state index contributed by atoms with van der Waals surface area (Å²) < 4.78 is 61.7. The molecule has 0 aromatic heterocycles. The molecular weight excluding hydrogens is 357 g/mol. The summed E-state index contributed by atoms with van der Waals surface area (Å²) >= 11 is 0. The van der Waals surface area contributed by atoms with Crippen LogP contribution >= 0.6 is 0 Å². The Balaban J connectivity index is 2.08. The van der Waals surface area contributed by atoms with Crippen molar-refractivity contribution in [2.75, 3.05) is 25.9 Å². The highest BCUT2D eigenvalue weighted by molar-refractivity contribution is 7.92. The molecule has 1 heterocycles. The standard InChI is InChI=1S/C16H21F3N2O3S/c1-25(23,24)15(7-10-20-11-8-15)14(22)21-9-6-12-4-2-3-5-13(12)16(17,18)19/h2-5,20H,6-11H2,1H3,(H,21,22). The van der Waals surface area contributed by atoms with Gasteiger partial charge in [-0.15, -0.1) is 0 Å². The lowest BCUT2D eigenvalue weighted by atomic mass is 9.95. The lowest BCUT2D eigenvalue weighted by Gasteiger charge is -2.34. The van der Waals surface area contributed by atoms with Gasteiger partial charge in [0, 0.05) is 12.8 Å². The number of carbonyl (C=O) groups is 1. The van der Waals surface area contributed by atoms with Crippen molar-refractivity contribution in [3.63, 3.8) is 0 Å². The Kier molecular flexibility index (Phi) is 5.78. The summed E-state index contributed by atoms with van der Waals surface area (Å²) in [5.74, 6) is -0.638. The largest absolute Gasteiger partial charge is 0.416 e. The van der Waals surface area contributed by atoms with Crippen molar-refractivity contribution in [1.82, 2.24) is 10.6 Å². The smallest absolute Gasteiger partial charge is 0.354 e. The van der Waals surface area contributed by atoms with E-state index in [4.69, 9.17) is 0 Å². The molecule has 0 unspecified atom stereocenters. The molecule has 9 heteroatoms. The number of benzene rings is 1. The van der Waals surface area contributed by atoms with E-state index in [0.717, 1.165) is 12.3 Å². The molecule has 1 saturated heterocycles. The van der Waals surface area contributed by atoms with Crippen molar-refractivity contribution in [3.8, 4) is 0 Å². The highest BCUT2D eigenvalue weighted by atomic mass is 32.2. The monoisotopic (exact) mass is 378 g/mol. The van der Waals surface area contributed by atoms with Crippen molar-refractivity contribution < 1.29 is 26.4 Å². The summed E-state index contributed by atoms with van der Waals surface area (Å²) in [4.78, 5) is 12.5. The average molecular weight is 378 g/mol. The lowest BCUT2D eigenvalue weighted by molar-refractivity contribution is -0.138. The molecule has 1 aromatic carbocycles.